The van der Waals surface area contributed by atoms with Crippen molar-refractivity contribution in [3.63, 3.8) is 0 Å². The second-order valence-corrected chi connectivity index (χ2v) is 5.46. The Balaban J connectivity index is 2.74. The minimum Gasteiger partial charge on any atom is -0.388 e. The number of amidine groups is 1. The van der Waals surface area contributed by atoms with Gasteiger partial charge < -0.3 is 11.5 Å². The van der Waals surface area contributed by atoms with Crippen LogP contribution in [0.3, 0.4) is 0 Å². The zero-order chi connectivity index (χ0) is 16.6. The average Bonchev–Trinajstić information content (AvgIpc) is 2.42. The van der Waals surface area contributed by atoms with Crippen LogP contribution >= 0.6 is 0 Å². The number of nitrogens with zero attached hydrogens (tertiary/aromatic N) is 1. The van der Waals surface area contributed by atoms with Crippen molar-refractivity contribution in [1.82, 2.24) is 0 Å². The molecule has 0 aromatic heterocycles. The van der Waals surface area contributed by atoms with Crippen LogP contribution in [-0.2, 0) is 12.6 Å². The van der Waals surface area contributed by atoms with Gasteiger partial charge in [0.1, 0.15) is 0 Å². The Bertz CT molecular complexity index is 480. The Hall–Kier alpha value is -1.56. The van der Waals surface area contributed by atoms with Gasteiger partial charge in [-0.1, -0.05) is 31.0 Å². The molecule has 0 aliphatic rings. The minimum atomic E-state index is -4.32. The standard InChI is InChI=1S/C16H24F3N3/c1-12(21)22-15(8-3-2-4-9-20)11-13-6-5-7-14(10-13)16(17,18)19/h5-7,10,15H,2-4,8-9,11,20H2,1H3,(H2,21,22). The van der Waals surface area contributed by atoms with Gasteiger partial charge in [0.15, 0.2) is 0 Å². The molecule has 1 aromatic rings. The minimum absolute atomic E-state index is 0.0914. The molecule has 0 aliphatic carbocycles. The first kappa shape index (κ1) is 18.5. The first-order chi connectivity index (χ1) is 10.3. The third kappa shape index (κ3) is 6.93. The smallest absolute Gasteiger partial charge is 0.388 e. The molecule has 6 heteroatoms. The maximum atomic E-state index is 12.7. The summed E-state index contributed by atoms with van der Waals surface area (Å²) < 4.78 is 38.2. The fourth-order valence-corrected chi connectivity index (χ4v) is 2.35. The lowest BCUT2D eigenvalue weighted by molar-refractivity contribution is -0.137. The normalized spacial score (nSPS) is 14.1. The molecule has 4 N–H and O–H groups in total. The SMILES string of the molecule is CC(N)=NC(CCCCCN)Cc1cccc(C(F)(F)F)c1. The number of nitrogens with two attached hydrogens (primary N) is 2. The number of hydrogen-bond acceptors (Lipinski definition) is 2. The Labute approximate surface area is 129 Å². The van der Waals surface area contributed by atoms with Crippen molar-refractivity contribution in [3.05, 3.63) is 35.4 Å². The topological polar surface area (TPSA) is 64.4 Å². The average molecular weight is 315 g/mol. The van der Waals surface area contributed by atoms with Crippen LogP contribution in [0.25, 0.3) is 0 Å². The molecule has 3 nitrogen and oxygen atoms in total. The molecule has 0 fully saturated rings. The van der Waals surface area contributed by atoms with Crippen molar-refractivity contribution in [2.75, 3.05) is 6.54 Å². The maximum absolute atomic E-state index is 12.7. The lowest BCUT2D eigenvalue weighted by Gasteiger charge is -2.15. The third-order valence-electron chi connectivity index (χ3n) is 3.35. The molecule has 1 atom stereocenters. The maximum Gasteiger partial charge on any atom is 0.416 e. The Morgan fingerprint density at radius 2 is 1.95 bits per heavy atom. The zero-order valence-corrected chi connectivity index (χ0v) is 12.9. The zero-order valence-electron chi connectivity index (χ0n) is 12.9. The van der Waals surface area contributed by atoms with Crippen LogP contribution in [0.4, 0.5) is 13.2 Å². The van der Waals surface area contributed by atoms with Crippen LogP contribution in [0, 0.1) is 0 Å². The monoisotopic (exact) mass is 315 g/mol. The molecule has 0 spiro atoms. The lowest BCUT2D eigenvalue weighted by Crippen LogP contribution is -2.16. The highest BCUT2D eigenvalue weighted by Crippen LogP contribution is 2.30. The van der Waals surface area contributed by atoms with Crippen LogP contribution in [-0.4, -0.2) is 18.4 Å². The van der Waals surface area contributed by atoms with Crippen molar-refractivity contribution >= 4 is 5.84 Å². The third-order valence-corrected chi connectivity index (χ3v) is 3.35. The van der Waals surface area contributed by atoms with Gasteiger partial charge in [-0.05, 0) is 44.4 Å². The van der Waals surface area contributed by atoms with Gasteiger partial charge in [0, 0.05) is 0 Å². The summed E-state index contributed by atoms with van der Waals surface area (Å²) in [6.07, 6.45) is -0.181. The van der Waals surface area contributed by atoms with Gasteiger partial charge in [-0.15, -0.1) is 0 Å². The number of halogens is 3. The van der Waals surface area contributed by atoms with Crippen LogP contribution in [0.15, 0.2) is 29.3 Å². The quantitative estimate of drug-likeness (QED) is 0.438. The van der Waals surface area contributed by atoms with E-state index in [0.29, 0.717) is 24.4 Å². The summed E-state index contributed by atoms with van der Waals surface area (Å²) in [5, 5.41) is 0. The van der Waals surface area contributed by atoms with Crippen molar-refractivity contribution in [2.45, 2.75) is 51.2 Å². The van der Waals surface area contributed by atoms with Crippen molar-refractivity contribution in [1.29, 1.82) is 0 Å². The van der Waals surface area contributed by atoms with Gasteiger partial charge in [0.25, 0.3) is 0 Å². The summed E-state index contributed by atoms with van der Waals surface area (Å²) >= 11 is 0. The molecule has 1 aromatic carbocycles. The van der Waals surface area contributed by atoms with E-state index in [1.54, 1.807) is 13.0 Å². The molecular formula is C16H24F3N3. The second kappa shape index (κ2) is 8.78. The Morgan fingerprint density at radius 1 is 1.23 bits per heavy atom. The number of alkyl halides is 3. The van der Waals surface area contributed by atoms with Gasteiger partial charge in [-0.3, -0.25) is 4.99 Å². The van der Waals surface area contributed by atoms with Crippen LogP contribution in [0.2, 0.25) is 0 Å². The number of benzene rings is 1. The van der Waals surface area contributed by atoms with Crippen molar-refractivity contribution in [3.8, 4) is 0 Å². The molecule has 0 amide bonds. The fraction of sp³-hybridized carbons (Fsp3) is 0.562. The molecule has 22 heavy (non-hydrogen) atoms. The number of hydrogen-bond donors (Lipinski definition) is 2. The highest BCUT2D eigenvalue weighted by Gasteiger charge is 2.30. The van der Waals surface area contributed by atoms with Gasteiger partial charge >= 0.3 is 6.18 Å². The predicted molar refractivity (Wildman–Crippen MR) is 83.8 cm³/mol. The van der Waals surface area contributed by atoms with E-state index in [1.807, 2.05) is 0 Å². The van der Waals surface area contributed by atoms with E-state index in [1.165, 1.54) is 12.1 Å². The van der Waals surface area contributed by atoms with Crippen molar-refractivity contribution < 1.29 is 13.2 Å². The Morgan fingerprint density at radius 3 is 2.55 bits per heavy atom. The van der Waals surface area contributed by atoms with Crippen LogP contribution < -0.4 is 11.5 Å². The molecule has 0 saturated heterocycles. The van der Waals surface area contributed by atoms with Gasteiger partial charge in [-0.2, -0.15) is 13.2 Å². The van der Waals surface area contributed by atoms with E-state index in [-0.39, 0.29) is 6.04 Å². The molecule has 0 aliphatic heterocycles. The van der Waals surface area contributed by atoms with E-state index in [0.717, 1.165) is 31.7 Å². The van der Waals surface area contributed by atoms with Crippen LogP contribution in [0.5, 0.6) is 0 Å². The molecule has 1 rings (SSSR count). The largest absolute Gasteiger partial charge is 0.416 e. The summed E-state index contributed by atoms with van der Waals surface area (Å²) in [5.41, 5.74) is 11.1. The predicted octanol–water partition coefficient (Wildman–Crippen LogP) is 3.51. The van der Waals surface area contributed by atoms with E-state index < -0.39 is 11.7 Å². The van der Waals surface area contributed by atoms with Gasteiger partial charge in [0.05, 0.1) is 17.4 Å². The Kier molecular flexibility index (Phi) is 7.38. The summed E-state index contributed by atoms with van der Waals surface area (Å²) in [4.78, 5) is 4.34. The number of rotatable bonds is 8. The first-order valence-electron chi connectivity index (χ1n) is 7.49. The summed E-state index contributed by atoms with van der Waals surface area (Å²) in [6, 6.07) is 5.31. The highest BCUT2D eigenvalue weighted by molar-refractivity contribution is 5.77. The van der Waals surface area contributed by atoms with Crippen molar-refractivity contribution in [2.24, 2.45) is 16.5 Å². The lowest BCUT2D eigenvalue weighted by atomic mass is 9.99. The van der Waals surface area contributed by atoms with E-state index in [2.05, 4.69) is 4.99 Å². The second-order valence-electron chi connectivity index (χ2n) is 5.46. The molecule has 0 radical (unpaired) electrons. The summed E-state index contributed by atoms with van der Waals surface area (Å²) in [5.74, 6) is 0.454. The molecule has 124 valence electrons. The van der Waals surface area contributed by atoms with Gasteiger partial charge in [0.2, 0.25) is 0 Å². The number of aliphatic imine (C=N–C) groups is 1. The van der Waals surface area contributed by atoms with Crippen LogP contribution in [0.1, 0.15) is 43.7 Å². The fourth-order valence-electron chi connectivity index (χ4n) is 2.35. The van der Waals surface area contributed by atoms with E-state index in [9.17, 15) is 13.2 Å². The number of unbranched alkanes of at least 4 members (excludes halogenated alkanes) is 2. The van der Waals surface area contributed by atoms with Gasteiger partial charge in [-0.25, -0.2) is 0 Å². The first-order valence-corrected chi connectivity index (χ1v) is 7.49. The molecule has 1 unspecified atom stereocenters. The molecular weight excluding hydrogens is 291 g/mol. The van der Waals surface area contributed by atoms with E-state index >= 15 is 0 Å². The van der Waals surface area contributed by atoms with E-state index in [4.69, 9.17) is 11.5 Å². The molecule has 0 bridgehead atoms. The summed E-state index contributed by atoms with van der Waals surface area (Å²) in [7, 11) is 0. The highest BCUT2D eigenvalue weighted by atomic mass is 19.4. The molecule has 0 saturated carbocycles. The molecule has 0 heterocycles. The summed E-state index contributed by atoms with van der Waals surface area (Å²) in [6.45, 7) is 2.34.